The third-order valence-corrected chi connectivity index (χ3v) is 6.02. The highest BCUT2D eigenvalue weighted by atomic mass is 35.5. The molecule has 0 saturated carbocycles. The lowest BCUT2D eigenvalue weighted by atomic mass is 10.00. The molecular formula is C21H25ClN5OS-. The van der Waals surface area contributed by atoms with Gasteiger partial charge in [-0.3, -0.25) is 5.32 Å². The van der Waals surface area contributed by atoms with E-state index in [0.717, 1.165) is 17.7 Å². The zero-order valence-corrected chi connectivity index (χ0v) is 18.1. The molecule has 2 aromatic rings. The molecule has 1 atom stereocenters. The molecule has 0 aromatic heterocycles. The molecule has 3 rings (SSSR count). The lowest BCUT2D eigenvalue weighted by molar-refractivity contribution is 0.585. The van der Waals surface area contributed by atoms with Crippen molar-refractivity contribution in [1.29, 1.82) is 0 Å². The number of aliphatic imine (C=N–C) groups is 1. The molecule has 154 valence electrons. The lowest BCUT2D eigenvalue weighted by Gasteiger charge is -2.22. The Kier molecular flexibility index (Phi) is 7.30. The van der Waals surface area contributed by atoms with E-state index in [9.17, 15) is 4.21 Å². The van der Waals surface area contributed by atoms with Gasteiger partial charge >= 0.3 is 0 Å². The summed E-state index contributed by atoms with van der Waals surface area (Å²) < 4.78 is 16.4. The fourth-order valence-corrected chi connectivity index (χ4v) is 3.90. The summed E-state index contributed by atoms with van der Waals surface area (Å²) >= 11 is 5.85. The van der Waals surface area contributed by atoms with Crippen molar-refractivity contribution in [3.05, 3.63) is 70.3 Å². The highest BCUT2D eigenvalue weighted by molar-refractivity contribution is 7.74. The average Bonchev–Trinajstić information content (AvgIpc) is 2.69. The Labute approximate surface area is 178 Å². The van der Waals surface area contributed by atoms with Crippen LogP contribution >= 0.6 is 11.6 Å². The molecule has 0 aliphatic carbocycles. The second-order valence-corrected chi connectivity index (χ2v) is 8.44. The van der Waals surface area contributed by atoms with Crippen LogP contribution in [-0.2, 0) is 14.8 Å². The topological polar surface area (TPSA) is 91.9 Å². The van der Waals surface area contributed by atoms with Gasteiger partial charge in [0.05, 0.1) is 0 Å². The molecule has 0 amide bonds. The van der Waals surface area contributed by atoms with Gasteiger partial charge in [-0.1, -0.05) is 46.8 Å². The minimum atomic E-state index is -1.37. The average molecular weight is 431 g/mol. The molecule has 2 aromatic carbocycles. The molecule has 1 aliphatic heterocycles. The number of nitrogens with zero attached hydrogens (tertiary/aromatic N) is 2. The first-order chi connectivity index (χ1) is 13.9. The predicted octanol–water partition coefficient (Wildman–Crippen LogP) is 3.73. The maximum Gasteiger partial charge on any atom is 0.195 e. The molecule has 0 radical (unpaired) electrons. The van der Waals surface area contributed by atoms with E-state index in [1.54, 1.807) is 24.3 Å². The highest BCUT2D eigenvalue weighted by Gasteiger charge is 2.15. The van der Waals surface area contributed by atoms with E-state index in [-0.39, 0.29) is 6.17 Å². The van der Waals surface area contributed by atoms with Crippen LogP contribution in [0.15, 0.2) is 62.8 Å². The van der Waals surface area contributed by atoms with Gasteiger partial charge in [-0.2, -0.15) is 10.6 Å². The third-order valence-electron chi connectivity index (χ3n) is 4.67. The van der Waals surface area contributed by atoms with Gasteiger partial charge in [0.25, 0.3) is 0 Å². The van der Waals surface area contributed by atoms with Gasteiger partial charge in [-0.05, 0) is 56.1 Å². The highest BCUT2D eigenvalue weighted by Crippen LogP contribution is 2.21. The molecule has 4 N–H and O–H groups in total. The van der Waals surface area contributed by atoms with Crippen LogP contribution in [-0.4, -0.2) is 25.2 Å². The standard InChI is InChI=1S/C21H25ClN5OS/c1-14-5-3-6-18(15(14)2)19-13-20(27-21(23)26-19)24-11-4-12-25-29(28)17-9-7-16(22)8-10-17/h3,5-10,13,20,24H,4,11-12H2,1-2H3,(H3,23,26,27)/q-1. The Morgan fingerprint density at radius 2 is 2.00 bits per heavy atom. The van der Waals surface area contributed by atoms with Crippen LogP contribution in [0.2, 0.25) is 5.02 Å². The SMILES string of the molecule is Cc1cccc(C2=CC(NCCCN=[S-](=O)c3ccc(Cl)cc3)N=C(N)N2)c1C. The number of halogens is 1. The quantitative estimate of drug-likeness (QED) is 0.461. The minimum absolute atomic E-state index is 0.215. The Bertz CT molecular complexity index is 1010. The summed E-state index contributed by atoms with van der Waals surface area (Å²) in [5.41, 5.74) is 10.5. The Morgan fingerprint density at radius 3 is 2.76 bits per heavy atom. The Balaban J connectivity index is 1.56. The van der Waals surface area contributed by atoms with Crippen molar-refractivity contribution in [2.75, 3.05) is 13.1 Å². The maximum atomic E-state index is 12.1. The zero-order chi connectivity index (χ0) is 20.8. The van der Waals surface area contributed by atoms with Gasteiger partial charge in [0.1, 0.15) is 6.17 Å². The number of rotatable bonds is 7. The van der Waals surface area contributed by atoms with Gasteiger partial charge in [-0.25, -0.2) is 4.99 Å². The monoisotopic (exact) mass is 430 g/mol. The van der Waals surface area contributed by atoms with E-state index in [0.29, 0.717) is 29.0 Å². The van der Waals surface area contributed by atoms with E-state index < -0.39 is 10.6 Å². The number of benzene rings is 2. The van der Waals surface area contributed by atoms with Crippen LogP contribution in [0.5, 0.6) is 0 Å². The summed E-state index contributed by atoms with van der Waals surface area (Å²) in [5.74, 6) is 0.384. The van der Waals surface area contributed by atoms with Crippen molar-refractivity contribution in [1.82, 2.24) is 10.6 Å². The molecular weight excluding hydrogens is 406 g/mol. The van der Waals surface area contributed by atoms with Crippen molar-refractivity contribution < 1.29 is 4.21 Å². The van der Waals surface area contributed by atoms with Gasteiger partial charge in [-0.15, -0.1) is 0 Å². The van der Waals surface area contributed by atoms with Crippen LogP contribution in [0, 0.1) is 13.8 Å². The Morgan fingerprint density at radius 1 is 1.24 bits per heavy atom. The molecule has 0 saturated heterocycles. The maximum absolute atomic E-state index is 12.1. The summed E-state index contributed by atoms with van der Waals surface area (Å²) in [7, 11) is -1.37. The van der Waals surface area contributed by atoms with Gasteiger partial charge in [0.15, 0.2) is 5.96 Å². The predicted molar refractivity (Wildman–Crippen MR) is 120 cm³/mol. The smallest absolute Gasteiger partial charge is 0.195 e. The molecule has 1 heterocycles. The normalized spacial score (nSPS) is 17.4. The molecule has 29 heavy (non-hydrogen) atoms. The van der Waals surface area contributed by atoms with Crippen molar-refractivity contribution in [3.8, 4) is 0 Å². The molecule has 1 unspecified atom stereocenters. The van der Waals surface area contributed by atoms with E-state index in [4.69, 9.17) is 17.3 Å². The molecule has 1 aliphatic rings. The second-order valence-electron chi connectivity index (χ2n) is 6.78. The summed E-state index contributed by atoms with van der Waals surface area (Å²) in [6.07, 6.45) is 2.56. The number of aryl methyl sites for hydroxylation is 1. The van der Waals surface area contributed by atoms with Crippen LogP contribution < -0.4 is 16.4 Å². The number of hydrogen-bond donors (Lipinski definition) is 3. The largest absolute Gasteiger partial charge is 0.440 e. The van der Waals surface area contributed by atoms with Crippen LogP contribution in [0.25, 0.3) is 5.70 Å². The number of hydrogen-bond acceptors (Lipinski definition) is 7. The van der Waals surface area contributed by atoms with E-state index in [1.807, 2.05) is 12.1 Å². The van der Waals surface area contributed by atoms with E-state index in [2.05, 4.69) is 46.0 Å². The summed E-state index contributed by atoms with van der Waals surface area (Å²) in [4.78, 5) is 5.04. The molecule has 0 spiro atoms. The van der Waals surface area contributed by atoms with Crippen molar-refractivity contribution in [2.45, 2.75) is 31.3 Å². The van der Waals surface area contributed by atoms with Crippen LogP contribution in [0.4, 0.5) is 0 Å². The Hall–Kier alpha value is -2.35. The number of nitrogens with two attached hydrogens (primary N) is 1. The van der Waals surface area contributed by atoms with Crippen molar-refractivity contribution in [3.63, 3.8) is 0 Å². The summed E-state index contributed by atoms with van der Waals surface area (Å²) in [6.45, 7) is 5.35. The first-order valence-corrected chi connectivity index (χ1v) is 10.9. The molecule has 8 heteroatoms. The van der Waals surface area contributed by atoms with E-state index >= 15 is 0 Å². The number of nitrogens with one attached hydrogen (secondary N) is 2. The van der Waals surface area contributed by atoms with Crippen LogP contribution in [0.1, 0.15) is 23.1 Å². The number of guanidine groups is 1. The fourth-order valence-electron chi connectivity index (χ4n) is 2.96. The first kappa shape index (κ1) is 21.4. The minimum Gasteiger partial charge on any atom is -0.440 e. The van der Waals surface area contributed by atoms with Gasteiger partial charge in [0, 0.05) is 22.8 Å². The van der Waals surface area contributed by atoms with Crippen molar-refractivity contribution >= 4 is 33.9 Å². The van der Waals surface area contributed by atoms with Gasteiger partial charge in [0.2, 0.25) is 0 Å². The second kappa shape index (κ2) is 9.91. The molecule has 6 nitrogen and oxygen atoms in total. The van der Waals surface area contributed by atoms with Gasteiger partial charge < -0.3 is 19.6 Å². The van der Waals surface area contributed by atoms with Crippen molar-refractivity contribution in [2.24, 2.45) is 15.1 Å². The lowest BCUT2D eigenvalue weighted by Crippen LogP contribution is -2.40. The zero-order valence-electron chi connectivity index (χ0n) is 16.5. The summed E-state index contributed by atoms with van der Waals surface area (Å²) in [5, 5.41) is 7.11. The van der Waals surface area contributed by atoms with E-state index in [1.165, 1.54) is 11.1 Å². The fraction of sp³-hybridized carbons (Fsp3) is 0.286. The molecule has 0 fully saturated rings. The first-order valence-electron chi connectivity index (χ1n) is 9.41. The van der Waals surface area contributed by atoms with Crippen LogP contribution in [0.3, 0.4) is 0 Å². The summed E-state index contributed by atoms with van der Waals surface area (Å²) in [6, 6.07) is 13.1. The molecule has 0 bridgehead atoms. The third kappa shape index (κ3) is 5.82.